The summed E-state index contributed by atoms with van der Waals surface area (Å²) in [5.41, 5.74) is 0.914. The average molecular weight is 277 g/mol. The number of aromatic hydroxyl groups is 1. The lowest BCUT2D eigenvalue weighted by Gasteiger charge is -2.09. The Bertz CT molecular complexity index is 633. The summed E-state index contributed by atoms with van der Waals surface area (Å²) in [5.74, 6) is -3.60. The molecule has 20 heavy (non-hydrogen) atoms. The smallest absolute Gasteiger partial charge is 0.262 e. The molecule has 0 heterocycles. The van der Waals surface area contributed by atoms with E-state index in [1.807, 2.05) is 13.0 Å². The van der Waals surface area contributed by atoms with Crippen molar-refractivity contribution in [1.29, 1.82) is 0 Å². The van der Waals surface area contributed by atoms with Crippen molar-refractivity contribution in [1.82, 2.24) is 0 Å². The van der Waals surface area contributed by atoms with Gasteiger partial charge in [0.2, 0.25) is 0 Å². The summed E-state index contributed by atoms with van der Waals surface area (Å²) in [6, 6.07) is 8.30. The van der Waals surface area contributed by atoms with Crippen LogP contribution in [0.4, 0.5) is 14.5 Å². The molecule has 5 heteroatoms. The zero-order valence-corrected chi connectivity index (χ0v) is 10.8. The molecule has 0 unspecified atom stereocenters. The van der Waals surface area contributed by atoms with Crippen molar-refractivity contribution >= 4 is 11.6 Å². The van der Waals surface area contributed by atoms with Crippen LogP contribution in [0.15, 0.2) is 36.4 Å². The second-order valence-electron chi connectivity index (χ2n) is 4.29. The number of benzene rings is 2. The Kier molecular flexibility index (Phi) is 3.98. The van der Waals surface area contributed by atoms with Crippen LogP contribution in [-0.2, 0) is 6.42 Å². The number of hydrogen-bond acceptors (Lipinski definition) is 2. The molecule has 2 rings (SSSR count). The van der Waals surface area contributed by atoms with E-state index in [9.17, 15) is 18.7 Å². The molecule has 2 aromatic carbocycles. The molecule has 0 aliphatic rings. The molecule has 2 aromatic rings. The molecule has 0 radical (unpaired) electrons. The molecule has 0 spiro atoms. The number of phenolic OH excluding ortho intramolecular Hbond substituents is 1. The van der Waals surface area contributed by atoms with Crippen LogP contribution in [0.5, 0.6) is 5.75 Å². The van der Waals surface area contributed by atoms with Crippen molar-refractivity contribution in [2.24, 2.45) is 0 Å². The van der Waals surface area contributed by atoms with Crippen molar-refractivity contribution in [2.45, 2.75) is 13.3 Å². The van der Waals surface area contributed by atoms with E-state index in [4.69, 9.17) is 0 Å². The number of nitrogens with one attached hydrogen (secondary N) is 1. The van der Waals surface area contributed by atoms with Gasteiger partial charge in [-0.05, 0) is 24.1 Å². The summed E-state index contributed by atoms with van der Waals surface area (Å²) in [6.07, 6.45) is 0.792. The van der Waals surface area contributed by atoms with Gasteiger partial charge in [-0.25, -0.2) is 8.78 Å². The summed E-state index contributed by atoms with van der Waals surface area (Å²) < 4.78 is 26.4. The van der Waals surface area contributed by atoms with Crippen LogP contribution in [-0.4, -0.2) is 11.0 Å². The summed E-state index contributed by atoms with van der Waals surface area (Å²) in [5, 5.41) is 12.0. The van der Waals surface area contributed by atoms with Gasteiger partial charge >= 0.3 is 0 Å². The maximum Gasteiger partial charge on any atom is 0.262 e. The monoisotopic (exact) mass is 277 g/mol. The van der Waals surface area contributed by atoms with Gasteiger partial charge < -0.3 is 10.4 Å². The molecule has 104 valence electrons. The molecule has 3 nitrogen and oxygen atoms in total. The predicted molar refractivity (Wildman–Crippen MR) is 71.8 cm³/mol. The molecule has 0 fully saturated rings. The zero-order chi connectivity index (χ0) is 14.7. The highest BCUT2D eigenvalue weighted by atomic mass is 19.1. The standard InChI is InChI=1S/C15H13F2NO2/c1-2-9-4-3-5-11(6-9)18-15(20)14-12(17)7-10(16)8-13(14)19/h3-8,19H,2H2,1H3,(H,18,20). The largest absolute Gasteiger partial charge is 0.507 e. The molecular formula is C15H13F2NO2. The first-order valence-electron chi connectivity index (χ1n) is 6.09. The Morgan fingerprint density at radius 3 is 2.65 bits per heavy atom. The number of rotatable bonds is 3. The van der Waals surface area contributed by atoms with Crippen LogP contribution in [0.1, 0.15) is 22.8 Å². The first kappa shape index (κ1) is 14.0. The fourth-order valence-electron chi connectivity index (χ4n) is 1.85. The van der Waals surface area contributed by atoms with E-state index < -0.39 is 28.9 Å². The van der Waals surface area contributed by atoms with Gasteiger partial charge in [-0.15, -0.1) is 0 Å². The van der Waals surface area contributed by atoms with E-state index in [0.717, 1.165) is 12.0 Å². The molecule has 0 bridgehead atoms. The van der Waals surface area contributed by atoms with E-state index in [-0.39, 0.29) is 0 Å². The minimum absolute atomic E-state index is 0.484. The lowest BCUT2D eigenvalue weighted by atomic mass is 10.1. The number of halogens is 2. The third-order valence-electron chi connectivity index (χ3n) is 2.85. The summed E-state index contributed by atoms with van der Waals surface area (Å²) in [6.45, 7) is 1.96. The normalized spacial score (nSPS) is 10.3. The van der Waals surface area contributed by atoms with Gasteiger partial charge in [0.15, 0.2) is 0 Å². The summed E-state index contributed by atoms with van der Waals surface area (Å²) in [4.78, 5) is 11.9. The lowest BCUT2D eigenvalue weighted by molar-refractivity contribution is 0.102. The number of carbonyl (C=O) groups is 1. The van der Waals surface area contributed by atoms with Gasteiger partial charge in [0.1, 0.15) is 22.9 Å². The minimum atomic E-state index is -1.10. The van der Waals surface area contributed by atoms with Crippen LogP contribution in [0.2, 0.25) is 0 Å². The molecule has 0 aliphatic heterocycles. The van der Waals surface area contributed by atoms with Gasteiger partial charge in [0.05, 0.1) is 0 Å². The molecule has 1 amide bonds. The third kappa shape index (κ3) is 2.93. The number of amides is 1. The van der Waals surface area contributed by atoms with Crippen molar-refractivity contribution < 1.29 is 18.7 Å². The Labute approximate surface area is 114 Å². The molecule has 0 saturated heterocycles. The van der Waals surface area contributed by atoms with Crippen LogP contribution >= 0.6 is 0 Å². The molecule has 2 N–H and O–H groups in total. The van der Waals surface area contributed by atoms with E-state index in [0.29, 0.717) is 17.8 Å². The van der Waals surface area contributed by atoms with Gasteiger partial charge in [-0.3, -0.25) is 4.79 Å². The number of anilines is 1. The van der Waals surface area contributed by atoms with Gasteiger partial charge in [0.25, 0.3) is 5.91 Å². The minimum Gasteiger partial charge on any atom is -0.507 e. The topological polar surface area (TPSA) is 49.3 Å². The molecule has 0 atom stereocenters. The van der Waals surface area contributed by atoms with Crippen LogP contribution in [0.25, 0.3) is 0 Å². The highest BCUT2D eigenvalue weighted by Crippen LogP contribution is 2.23. The molecule has 0 saturated carbocycles. The van der Waals surface area contributed by atoms with E-state index in [1.165, 1.54) is 0 Å². The quantitative estimate of drug-likeness (QED) is 0.902. The first-order chi connectivity index (χ1) is 9.51. The molecule has 0 aliphatic carbocycles. The average Bonchev–Trinajstić information content (AvgIpc) is 2.37. The summed E-state index contributed by atoms with van der Waals surface area (Å²) in [7, 11) is 0. The number of phenols is 1. The first-order valence-corrected chi connectivity index (χ1v) is 6.09. The summed E-state index contributed by atoms with van der Waals surface area (Å²) >= 11 is 0. The Hall–Kier alpha value is -2.43. The zero-order valence-electron chi connectivity index (χ0n) is 10.8. The van der Waals surface area contributed by atoms with Crippen molar-refractivity contribution in [3.63, 3.8) is 0 Å². The Morgan fingerprint density at radius 2 is 2.00 bits per heavy atom. The van der Waals surface area contributed by atoms with Gasteiger partial charge in [-0.2, -0.15) is 0 Å². The molecular weight excluding hydrogens is 264 g/mol. The van der Waals surface area contributed by atoms with Crippen molar-refractivity contribution in [3.8, 4) is 5.75 Å². The second kappa shape index (κ2) is 5.69. The SMILES string of the molecule is CCc1cccc(NC(=O)c2c(O)cc(F)cc2F)c1. The van der Waals surface area contributed by atoms with Gasteiger partial charge in [-0.1, -0.05) is 19.1 Å². The number of aryl methyl sites for hydroxylation is 1. The highest BCUT2D eigenvalue weighted by Gasteiger charge is 2.18. The van der Waals surface area contributed by atoms with Crippen LogP contribution < -0.4 is 5.32 Å². The van der Waals surface area contributed by atoms with E-state index in [2.05, 4.69) is 5.32 Å². The van der Waals surface area contributed by atoms with Crippen LogP contribution in [0, 0.1) is 11.6 Å². The van der Waals surface area contributed by atoms with Gasteiger partial charge in [0, 0.05) is 17.8 Å². The fourth-order valence-corrected chi connectivity index (χ4v) is 1.85. The maximum atomic E-state index is 13.5. The van der Waals surface area contributed by atoms with Crippen molar-refractivity contribution in [3.05, 3.63) is 59.2 Å². The fraction of sp³-hybridized carbons (Fsp3) is 0.133. The lowest BCUT2D eigenvalue weighted by Crippen LogP contribution is -2.14. The van der Waals surface area contributed by atoms with Crippen molar-refractivity contribution in [2.75, 3.05) is 5.32 Å². The Balaban J connectivity index is 2.28. The number of carbonyl (C=O) groups excluding carboxylic acids is 1. The maximum absolute atomic E-state index is 13.5. The predicted octanol–water partition coefficient (Wildman–Crippen LogP) is 3.49. The van der Waals surface area contributed by atoms with E-state index in [1.54, 1.807) is 18.2 Å². The highest BCUT2D eigenvalue weighted by molar-refractivity contribution is 6.06. The second-order valence-corrected chi connectivity index (χ2v) is 4.29. The van der Waals surface area contributed by atoms with E-state index >= 15 is 0 Å². The Morgan fingerprint density at radius 1 is 1.25 bits per heavy atom. The number of hydrogen-bond donors (Lipinski definition) is 2. The molecule has 0 aromatic heterocycles. The third-order valence-corrected chi connectivity index (χ3v) is 2.85. The van der Waals surface area contributed by atoms with Crippen LogP contribution in [0.3, 0.4) is 0 Å².